The number of hydrogen-bond acceptors (Lipinski definition) is 2. The Labute approximate surface area is 117 Å². The molecule has 2 aromatic carbocycles. The molecule has 0 aliphatic heterocycles. The summed E-state index contributed by atoms with van der Waals surface area (Å²) in [5.41, 5.74) is 2.93. The lowest BCUT2D eigenvalue weighted by atomic mass is 10.1. The molecule has 0 saturated heterocycles. The van der Waals surface area contributed by atoms with E-state index in [4.69, 9.17) is 5.11 Å². The number of aliphatic hydroxyl groups excluding tert-OH is 1. The van der Waals surface area contributed by atoms with Gasteiger partial charge in [0.25, 0.3) is 0 Å². The van der Waals surface area contributed by atoms with Crippen molar-refractivity contribution in [3.63, 3.8) is 0 Å². The summed E-state index contributed by atoms with van der Waals surface area (Å²) in [7, 11) is 0. The van der Waals surface area contributed by atoms with E-state index < -0.39 is 0 Å². The van der Waals surface area contributed by atoms with E-state index >= 15 is 0 Å². The maximum absolute atomic E-state index is 13.0. The number of hydrogen-bond donors (Lipinski definition) is 2. The Morgan fingerprint density at radius 3 is 2.70 bits per heavy atom. The van der Waals surface area contributed by atoms with Gasteiger partial charge in [-0.2, -0.15) is 0 Å². The molecule has 2 N–H and O–H groups in total. The third-order valence-corrected chi connectivity index (χ3v) is 3.01. The van der Waals surface area contributed by atoms with Gasteiger partial charge in [0.1, 0.15) is 5.82 Å². The van der Waals surface area contributed by atoms with Crippen molar-refractivity contribution in [3.05, 3.63) is 65.0 Å². The molecule has 3 nitrogen and oxygen atoms in total. The third kappa shape index (κ3) is 3.65. The molecule has 4 heteroatoms. The van der Waals surface area contributed by atoms with Crippen LogP contribution >= 0.6 is 0 Å². The second-order valence-corrected chi connectivity index (χ2v) is 4.66. The summed E-state index contributed by atoms with van der Waals surface area (Å²) < 4.78 is 13.0. The first-order valence-corrected chi connectivity index (χ1v) is 6.33. The Kier molecular flexibility index (Phi) is 4.48. The van der Waals surface area contributed by atoms with E-state index in [0.717, 1.165) is 11.1 Å². The Hall–Kier alpha value is -2.20. The first kappa shape index (κ1) is 14.2. The van der Waals surface area contributed by atoms with Crippen LogP contribution in [0.15, 0.2) is 42.5 Å². The fourth-order valence-electron chi connectivity index (χ4n) is 1.93. The lowest BCUT2D eigenvalue weighted by Crippen LogP contribution is -2.15. The van der Waals surface area contributed by atoms with Gasteiger partial charge in [-0.25, -0.2) is 4.39 Å². The Balaban J connectivity index is 2.08. The predicted molar refractivity (Wildman–Crippen MR) is 75.8 cm³/mol. The van der Waals surface area contributed by atoms with Gasteiger partial charge in [-0.15, -0.1) is 0 Å². The monoisotopic (exact) mass is 273 g/mol. The molecule has 0 unspecified atom stereocenters. The molecule has 20 heavy (non-hydrogen) atoms. The van der Waals surface area contributed by atoms with Crippen molar-refractivity contribution >= 4 is 11.6 Å². The Morgan fingerprint density at radius 2 is 2.00 bits per heavy atom. The van der Waals surface area contributed by atoms with Crippen LogP contribution in [0.25, 0.3) is 0 Å². The zero-order valence-corrected chi connectivity index (χ0v) is 11.2. The molecular formula is C16H16FNO2. The number of rotatable bonds is 4. The third-order valence-electron chi connectivity index (χ3n) is 3.01. The first-order chi connectivity index (χ1) is 9.58. The van der Waals surface area contributed by atoms with Gasteiger partial charge in [-0.05, 0) is 41.8 Å². The summed E-state index contributed by atoms with van der Waals surface area (Å²) >= 11 is 0. The van der Waals surface area contributed by atoms with Crippen molar-refractivity contribution in [3.8, 4) is 0 Å². The highest BCUT2D eigenvalue weighted by molar-refractivity contribution is 5.93. The average Bonchev–Trinajstić information content (AvgIpc) is 2.41. The van der Waals surface area contributed by atoms with Gasteiger partial charge in [0.15, 0.2) is 0 Å². The quantitative estimate of drug-likeness (QED) is 0.900. The molecule has 2 rings (SSSR count). The van der Waals surface area contributed by atoms with Crippen LogP contribution in [0.2, 0.25) is 0 Å². The Morgan fingerprint density at radius 1 is 1.20 bits per heavy atom. The van der Waals surface area contributed by atoms with Crippen molar-refractivity contribution in [1.82, 2.24) is 0 Å². The van der Waals surface area contributed by atoms with E-state index in [1.165, 1.54) is 12.1 Å². The van der Waals surface area contributed by atoms with Crippen LogP contribution in [0.4, 0.5) is 10.1 Å². The second kappa shape index (κ2) is 6.30. The van der Waals surface area contributed by atoms with Gasteiger partial charge in [-0.3, -0.25) is 4.79 Å². The molecule has 0 spiro atoms. The largest absolute Gasteiger partial charge is 0.392 e. The van der Waals surface area contributed by atoms with Gasteiger partial charge >= 0.3 is 0 Å². The molecule has 1 amide bonds. The average molecular weight is 273 g/mol. The van der Waals surface area contributed by atoms with E-state index in [9.17, 15) is 9.18 Å². The van der Waals surface area contributed by atoms with Crippen LogP contribution in [0.1, 0.15) is 16.7 Å². The van der Waals surface area contributed by atoms with E-state index in [1.54, 1.807) is 24.3 Å². The minimum absolute atomic E-state index is 0.0763. The summed E-state index contributed by atoms with van der Waals surface area (Å²) in [6, 6.07) is 11.3. The number of aryl methyl sites for hydroxylation is 1. The zero-order chi connectivity index (χ0) is 14.5. The van der Waals surface area contributed by atoms with Gasteiger partial charge in [0.05, 0.1) is 13.0 Å². The molecule has 0 aliphatic rings. The van der Waals surface area contributed by atoms with Crippen LogP contribution in [0.3, 0.4) is 0 Å². The lowest BCUT2D eigenvalue weighted by molar-refractivity contribution is -0.115. The minimum Gasteiger partial charge on any atom is -0.392 e. The van der Waals surface area contributed by atoms with Gasteiger partial charge in [0.2, 0.25) is 5.91 Å². The summed E-state index contributed by atoms with van der Waals surface area (Å²) in [4.78, 5) is 11.9. The fourth-order valence-corrected chi connectivity index (χ4v) is 1.93. The van der Waals surface area contributed by atoms with Crippen LogP contribution in [0, 0.1) is 12.7 Å². The zero-order valence-electron chi connectivity index (χ0n) is 11.2. The van der Waals surface area contributed by atoms with Crippen molar-refractivity contribution in [2.24, 2.45) is 0 Å². The van der Waals surface area contributed by atoms with Crippen LogP contribution in [-0.2, 0) is 17.8 Å². The van der Waals surface area contributed by atoms with E-state index in [-0.39, 0.29) is 24.8 Å². The lowest BCUT2D eigenvalue weighted by Gasteiger charge is -2.10. The number of anilines is 1. The highest BCUT2D eigenvalue weighted by Crippen LogP contribution is 2.17. The molecule has 2 aromatic rings. The summed E-state index contributed by atoms with van der Waals surface area (Å²) in [6.07, 6.45) is 0.112. The van der Waals surface area contributed by atoms with E-state index in [0.29, 0.717) is 11.3 Å². The van der Waals surface area contributed by atoms with Crippen molar-refractivity contribution in [1.29, 1.82) is 0 Å². The predicted octanol–water partition coefficient (Wildman–Crippen LogP) is 2.81. The molecule has 0 bridgehead atoms. The van der Waals surface area contributed by atoms with E-state index in [1.807, 2.05) is 13.0 Å². The number of carbonyl (C=O) groups is 1. The van der Waals surface area contributed by atoms with Crippen LogP contribution < -0.4 is 5.32 Å². The summed E-state index contributed by atoms with van der Waals surface area (Å²) in [5.74, 6) is -0.567. The van der Waals surface area contributed by atoms with Crippen LogP contribution in [0.5, 0.6) is 0 Å². The molecule has 0 saturated carbocycles. The normalized spacial score (nSPS) is 10.3. The smallest absolute Gasteiger partial charge is 0.228 e. The molecular weight excluding hydrogens is 257 g/mol. The van der Waals surface area contributed by atoms with Crippen molar-refractivity contribution in [2.75, 3.05) is 5.32 Å². The number of carbonyl (C=O) groups excluding carboxylic acids is 1. The fraction of sp³-hybridized carbons (Fsp3) is 0.188. The SMILES string of the molecule is Cc1ccc(CO)cc1NC(=O)Cc1cccc(F)c1. The van der Waals surface area contributed by atoms with Crippen molar-refractivity contribution in [2.45, 2.75) is 20.0 Å². The summed E-state index contributed by atoms with van der Waals surface area (Å²) in [5, 5.41) is 11.9. The molecule has 0 aliphatic carbocycles. The second-order valence-electron chi connectivity index (χ2n) is 4.66. The first-order valence-electron chi connectivity index (χ1n) is 6.33. The highest BCUT2D eigenvalue weighted by atomic mass is 19.1. The number of benzene rings is 2. The van der Waals surface area contributed by atoms with Gasteiger partial charge in [-0.1, -0.05) is 24.3 Å². The molecule has 0 fully saturated rings. The molecule has 0 aromatic heterocycles. The molecule has 0 atom stereocenters. The van der Waals surface area contributed by atoms with Gasteiger partial charge in [0, 0.05) is 5.69 Å². The molecule has 0 radical (unpaired) electrons. The minimum atomic E-state index is -0.353. The standard InChI is InChI=1S/C16H16FNO2/c1-11-5-6-13(10-19)8-15(11)18-16(20)9-12-3-2-4-14(17)7-12/h2-8,19H,9-10H2,1H3,(H,18,20). The molecule has 0 heterocycles. The van der Waals surface area contributed by atoms with Crippen LogP contribution in [-0.4, -0.2) is 11.0 Å². The number of aliphatic hydroxyl groups is 1. The highest BCUT2D eigenvalue weighted by Gasteiger charge is 2.07. The number of halogens is 1. The van der Waals surface area contributed by atoms with Gasteiger partial charge < -0.3 is 10.4 Å². The topological polar surface area (TPSA) is 49.3 Å². The summed E-state index contributed by atoms with van der Waals surface area (Å²) in [6.45, 7) is 1.80. The van der Waals surface area contributed by atoms with E-state index in [2.05, 4.69) is 5.32 Å². The maximum Gasteiger partial charge on any atom is 0.228 e. The number of nitrogens with one attached hydrogen (secondary N) is 1. The maximum atomic E-state index is 13.0. The van der Waals surface area contributed by atoms with Crippen molar-refractivity contribution < 1.29 is 14.3 Å². The molecule has 104 valence electrons. The Bertz CT molecular complexity index is 626. The number of amides is 1.